The van der Waals surface area contributed by atoms with Crippen molar-refractivity contribution < 1.29 is 24.5 Å². The first-order chi connectivity index (χ1) is 6.13. The van der Waals surface area contributed by atoms with Crippen molar-refractivity contribution >= 4 is 11.9 Å². The Balaban J connectivity index is 2.10. The molecule has 0 aromatic heterocycles. The van der Waals surface area contributed by atoms with Crippen LogP contribution in [0, 0.1) is 17.8 Å². The number of rotatable bonds is 2. The second-order valence-electron chi connectivity index (χ2n) is 3.51. The Morgan fingerprint density at radius 3 is 2.46 bits per heavy atom. The fourth-order valence-corrected chi connectivity index (χ4v) is 2.12. The van der Waals surface area contributed by atoms with Crippen LogP contribution < -0.4 is 0 Å². The van der Waals surface area contributed by atoms with Gasteiger partial charge in [0.2, 0.25) is 0 Å². The molecule has 2 N–H and O–H groups in total. The van der Waals surface area contributed by atoms with E-state index in [9.17, 15) is 9.59 Å². The maximum atomic E-state index is 10.7. The summed E-state index contributed by atoms with van der Waals surface area (Å²) in [6, 6.07) is 0. The molecule has 1 heterocycles. The SMILES string of the molecule is O=C(O)C1CCO[C@@H]2C1[C@H]2C(=O)O. The molecule has 2 aliphatic rings. The van der Waals surface area contributed by atoms with Gasteiger partial charge in [0.15, 0.2) is 0 Å². The zero-order chi connectivity index (χ0) is 9.59. The molecule has 1 aliphatic heterocycles. The molecule has 72 valence electrons. The molecule has 13 heavy (non-hydrogen) atoms. The predicted molar refractivity (Wildman–Crippen MR) is 40.1 cm³/mol. The van der Waals surface area contributed by atoms with E-state index in [2.05, 4.69) is 0 Å². The van der Waals surface area contributed by atoms with Gasteiger partial charge in [-0.2, -0.15) is 0 Å². The van der Waals surface area contributed by atoms with Gasteiger partial charge in [0.25, 0.3) is 0 Å². The monoisotopic (exact) mass is 186 g/mol. The summed E-state index contributed by atoms with van der Waals surface area (Å²) in [6.07, 6.45) is 0.0765. The van der Waals surface area contributed by atoms with Crippen LogP contribution in [-0.2, 0) is 14.3 Å². The Hall–Kier alpha value is -1.10. The van der Waals surface area contributed by atoms with E-state index in [-0.39, 0.29) is 12.0 Å². The molecule has 0 bridgehead atoms. The lowest BCUT2D eigenvalue weighted by Gasteiger charge is -2.16. The average molecular weight is 186 g/mol. The van der Waals surface area contributed by atoms with Gasteiger partial charge >= 0.3 is 11.9 Å². The van der Waals surface area contributed by atoms with E-state index in [0.717, 1.165) is 0 Å². The van der Waals surface area contributed by atoms with Crippen molar-refractivity contribution in [1.29, 1.82) is 0 Å². The fraction of sp³-hybridized carbons (Fsp3) is 0.750. The molecular formula is C8H10O5. The van der Waals surface area contributed by atoms with Crippen LogP contribution in [0.2, 0.25) is 0 Å². The molecule has 0 radical (unpaired) electrons. The van der Waals surface area contributed by atoms with E-state index in [1.165, 1.54) is 0 Å². The third-order valence-corrected chi connectivity index (χ3v) is 2.81. The minimum absolute atomic E-state index is 0.302. The number of fused-ring (bicyclic) bond motifs is 1. The van der Waals surface area contributed by atoms with Crippen LogP contribution in [0.4, 0.5) is 0 Å². The predicted octanol–water partition coefficient (Wildman–Crippen LogP) is -0.193. The summed E-state index contributed by atoms with van der Waals surface area (Å²) in [5.41, 5.74) is 0. The maximum Gasteiger partial charge on any atom is 0.309 e. The molecule has 2 rings (SSSR count). The van der Waals surface area contributed by atoms with E-state index in [1.54, 1.807) is 0 Å². The number of aliphatic carboxylic acids is 2. The molecular weight excluding hydrogens is 176 g/mol. The standard InChI is InChI=1S/C8H10O5/c9-7(10)3-1-2-13-6-4(3)5(6)8(11)12/h3-6H,1-2H2,(H,9,10)(H,11,12)/t3?,4?,5-,6-/m1/s1. The van der Waals surface area contributed by atoms with Crippen LogP contribution >= 0.6 is 0 Å². The van der Waals surface area contributed by atoms with E-state index in [1.807, 2.05) is 0 Å². The highest BCUT2D eigenvalue weighted by molar-refractivity contribution is 5.79. The molecule has 1 aliphatic carbocycles. The highest BCUT2D eigenvalue weighted by atomic mass is 16.5. The summed E-state index contributed by atoms with van der Waals surface area (Å²) in [6.45, 7) is 0.363. The topological polar surface area (TPSA) is 83.8 Å². The van der Waals surface area contributed by atoms with Gasteiger partial charge in [-0.3, -0.25) is 9.59 Å². The quantitative estimate of drug-likeness (QED) is 0.624. The summed E-state index contributed by atoms with van der Waals surface area (Å²) in [7, 11) is 0. The second-order valence-corrected chi connectivity index (χ2v) is 3.51. The summed E-state index contributed by atoms with van der Waals surface area (Å²) < 4.78 is 5.16. The molecule has 1 saturated carbocycles. The van der Waals surface area contributed by atoms with E-state index >= 15 is 0 Å². The smallest absolute Gasteiger partial charge is 0.309 e. The van der Waals surface area contributed by atoms with E-state index in [4.69, 9.17) is 14.9 Å². The van der Waals surface area contributed by atoms with Crippen molar-refractivity contribution in [2.45, 2.75) is 12.5 Å². The van der Waals surface area contributed by atoms with Crippen LogP contribution in [0.15, 0.2) is 0 Å². The molecule has 1 saturated heterocycles. The lowest BCUT2D eigenvalue weighted by atomic mass is 9.97. The lowest BCUT2D eigenvalue weighted by molar-refractivity contribution is -0.145. The number of carboxylic acid groups (broad SMARTS) is 2. The Morgan fingerprint density at radius 1 is 1.23 bits per heavy atom. The number of carboxylic acids is 2. The summed E-state index contributed by atoms with van der Waals surface area (Å²) in [5, 5.41) is 17.5. The van der Waals surface area contributed by atoms with Gasteiger partial charge < -0.3 is 14.9 Å². The summed E-state index contributed by atoms with van der Waals surface area (Å²) >= 11 is 0. The zero-order valence-electron chi connectivity index (χ0n) is 6.84. The van der Waals surface area contributed by atoms with Gasteiger partial charge in [-0.15, -0.1) is 0 Å². The molecule has 2 fully saturated rings. The van der Waals surface area contributed by atoms with Crippen LogP contribution in [0.25, 0.3) is 0 Å². The first-order valence-corrected chi connectivity index (χ1v) is 4.20. The Kier molecular flexibility index (Phi) is 1.76. The third-order valence-electron chi connectivity index (χ3n) is 2.81. The molecule has 5 heteroatoms. The first kappa shape index (κ1) is 8.50. The average Bonchev–Trinajstić information content (AvgIpc) is 2.76. The zero-order valence-corrected chi connectivity index (χ0v) is 6.84. The number of hydrogen-bond acceptors (Lipinski definition) is 3. The number of ether oxygens (including phenoxy) is 1. The largest absolute Gasteiger partial charge is 0.481 e. The molecule has 0 spiro atoms. The van der Waals surface area contributed by atoms with Crippen LogP contribution in [-0.4, -0.2) is 34.9 Å². The Bertz CT molecular complexity index is 261. The first-order valence-electron chi connectivity index (χ1n) is 4.20. The highest BCUT2D eigenvalue weighted by Crippen LogP contribution is 2.51. The third kappa shape index (κ3) is 1.19. The summed E-state index contributed by atoms with van der Waals surface area (Å²) in [4.78, 5) is 21.3. The van der Waals surface area contributed by atoms with Crippen molar-refractivity contribution in [3.05, 3.63) is 0 Å². The van der Waals surface area contributed by atoms with E-state index in [0.29, 0.717) is 13.0 Å². The highest BCUT2D eigenvalue weighted by Gasteiger charge is 2.63. The van der Waals surface area contributed by atoms with Crippen molar-refractivity contribution in [2.75, 3.05) is 6.61 Å². The molecule has 0 aromatic carbocycles. The molecule has 0 aromatic rings. The Labute approximate surface area is 74.3 Å². The maximum absolute atomic E-state index is 10.7. The normalized spacial score (nSPS) is 42.2. The molecule has 5 nitrogen and oxygen atoms in total. The molecule has 0 amide bonds. The van der Waals surface area contributed by atoms with Crippen molar-refractivity contribution in [2.24, 2.45) is 17.8 Å². The van der Waals surface area contributed by atoms with Gasteiger partial charge in [0, 0.05) is 12.5 Å². The van der Waals surface area contributed by atoms with Crippen molar-refractivity contribution in [3.63, 3.8) is 0 Å². The number of hydrogen-bond donors (Lipinski definition) is 2. The lowest BCUT2D eigenvalue weighted by Crippen LogP contribution is -2.24. The van der Waals surface area contributed by atoms with Gasteiger partial charge in [-0.1, -0.05) is 0 Å². The Morgan fingerprint density at radius 2 is 1.92 bits per heavy atom. The van der Waals surface area contributed by atoms with Gasteiger partial charge in [0.05, 0.1) is 17.9 Å². The molecule has 2 unspecified atom stereocenters. The van der Waals surface area contributed by atoms with Gasteiger partial charge in [-0.05, 0) is 6.42 Å². The van der Waals surface area contributed by atoms with Crippen LogP contribution in [0.3, 0.4) is 0 Å². The second kappa shape index (κ2) is 2.70. The van der Waals surface area contributed by atoms with Gasteiger partial charge in [0.1, 0.15) is 0 Å². The van der Waals surface area contributed by atoms with Crippen molar-refractivity contribution in [1.82, 2.24) is 0 Å². The fourth-order valence-electron chi connectivity index (χ4n) is 2.12. The van der Waals surface area contributed by atoms with Crippen LogP contribution in [0.5, 0.6) is 0 Å². The van der Waals surface area contributed by atoms with Crippen LogP contribution in [0.1, 0.15) is 6.42 Å². The van der Waals surface area contributed by atoms with E-state index < -0.39 is 23.8 Å². The summed E-state index contributed by atoms with van der Waals surface area (Å²) in [5.74, 6) is -3.27. The molecule has 4 atom stereocenters. The minimum atomic E-state index is -0.942. The number of carbonyl (C=O) groups is 2. The van der Waals surface area contributed by atoms with Gasteiger partial charge in [-0.25, -0.2) is 0 Å². The van der Waals surface area contributed by atoms with Crippen molar-refractivity contribution in [3.8, 4) is 0 Å². The minimum Gasteiger partial charge on any atom is -0.481 e.